The maximum Gasteiger partial charge on any atom is 0.260 e. The number of hydrogen-bond donors (Lipinski definition) is 0. The van der Waals surface area contributed by atoms with Crippen LogP contribution in [0, 0.1) is 5.82 Å². The quantitative estimate of drug-likeness (QED) is 0.317. The molecule has 1 amide bonds. The first kappa shape index (κ1) is 28.1. The largest absolute Gasteiger partial charge is 0.308 e. The topological polar surface area (TPSA) is 73.8 Å². The van der Waals surface area contributed by atoms with E-state index in [2.05, 4.69) is 4.98 Å². The summed E-state index contributed by atoms with van der Waals surface area (Å²) in [7, 11) is 0.117. The molecule has 3 aromatic carbocycles. The second kappa shape index (κ2) is 11.5. The molecular weight excluding hydrogens is 547 g/mol. The summed E-state index contributed by atoms with van der Waals surface area (Å²) in [6.45, 7) is 1.71. The van der Waals surface area contributed by atoms with Crippen molar-refractivity contribution in [3.63, 3.8) is 0 Å². The number of fused-ring (bicyclic) bond motifs is 2. The van der Waals surface area contributed by atoms with Crippen LogP contribution >= 0.6 is 23.7 Å². The number of likely N-dealkylation sites (N-methyl/N-ethyl adjacent to an activating group) is 1. The lowest BCUT2D eigenvalue weighted by atomic mass is 10.0. The normalized spacial score (nSPS) is 13.8. The Balaban J connectivity index is 0.00000336. The van der Waals surface area contributed by atoms with Gasteiger partial charge >= 0.3 is 0 Å². The van der Waals surface area contributed by atoms with Gasteiger partial charge in [-0.2, -0.15) is 4.31 Å². The summed E-state index contributed by atoms with van der Waals surface area (Å²) in [4.78, 5) is 21.8. The number of rotatable bonds is 7. The Kier molecular flexibility index (Phi) is 8.49. The van der Waals surface area contributed by atoms with Crippen molar-refractivity contribution in [2.75, 3.05) is 38.6 Å². The summed E-state index contributed by atoms with van der Waals surface area (Å²) in [6, 6.07) is 18.3. The number of hydrogen-bond acceptors (Lipinski definition) is 6. The van der Waals surface area contributed by atoms with Crippen LogP contribution in [0.2, 0.25) is 0 Å². The van der Waals surface area contributed by atoms with Crippen molar-refractivity contribution in [2.24, 2.45) is 0 Å². The summed E-state index contributed by atoms with van der Waals surface area (Å²) in [5, 5.41) is 0.469. The molecule has 0 unspecified atom stereocenters. The van der Waals surface area contributed by atoms with E-state index in [1.54, 1.807) is 23.1 Å². The Morgan fingerprint density at radius 1 is 1.03 bits per heavy atom. The van der Waals surface area contributed by atoms with Crippen molar-refractivity contribution in [2.45, 2.75) is 17.9 Å². The number of halogens is 2. The van der Waals surface area contributed by atoms with Crippen LogP contribution in [-0.2, 0) is 23.0 Å². The van der Waals surface area contributed by atoms with Crippen LogP contribution in [0.15, 0.2) is 71.6 Å². The number of carbonyl (C=O) groups excluding carboxylic acids is 1. The highest BCUT2D eigenvalue weighted by Gasteiger charge is 2.29. The van der Waals surface area contributed by atoms with Gasteiger partial charge in [0.25, 0.3) is 5.91 Å². The Morgan fingerprint density at radius 3 is 2.45 bits per heavy atom. The van der Waals surface area contributed by atoms with Crippen molar-refractivity contribution in [3.8, 4) is 0 Å². The molecule has 0 N–H and O–H groups in total. The van der Waals surface area contributed by atoms with Crippen LogP contribution in [0.4, 0.5) is 9.52 Å². The minimum Gasteiger partial charge on any atom is -0.308 e. The second-order valence-corrected chi connectivity index (χ2v) is 12.2. The summed E-state index contributed by atoms with van der Waals surface area (Å²) < 4.78 is 42.5. The van der Waals surface area contributed by atoms with Crippen LogP contribution in [0.1, 0.15) is 21.5 Å². The molecule has 0 aliphatic carbocycles. The van der Waals surface area contributed by atoms with Crippen LogP contribution in [0.5, 0.6) is 0 Å². The van der Waals surface area contributed by atoms with Gasteiger partial charge in [-0.25, -0.2) is 17.8 Å². The molecule has 5 rings (SSSR count). The highest BCUT2D eigenvalue weighted by atomic mass is 35.5. The van der Waals surface area contributed by atoms with Crippen molar-refractivity contribution >= 4 is 55.0 Å². The van der Waals surface area contributed by atoms with E-state index in [1.807, 2.05) is 43.3 Å². The van der Waals surface area contributed by atoms with Gasteiger partial charge in [0.2, 0.25) is 10.0 Å². The van der Waals surface area contributed by atoms with Gasteiger partial charge in [-0.3, -0.25) is 9.69 Å². The molecule has 11 heteroatoms. The summed E-state index contributed by atoms with van der Waals surface area (Å²) in [5.41, 5.74) is 3.16. The molecule has 2 heterocycles. The van der Waals surface area contributed by atoms with Gasteiger partial charge in [-0.05, 0) is 74.1 Å². The highest BCUT2D eigenvalue weighted by molar-refractivity contribution is 7.89. The van der Waals surface area contributed by atoms with Crippen molar-refractivity contribution in [3.05, 3.63) is 89.2 Å². The third kappa shape index (κ3) is 5.74. The van der Waals surface area contributed by atoms with E-state index in [-0.39, 0.29) is 29.0 Å². The molecule has 7 nitrogen and oxygen atoms in total. The monoisotopic (exact) mass is 574 g/mol. The van der Waals surface area contributed by atoms with E-state index in [0.717, 1.165) is 5.56 Å². The molecule has 0 saturated heterocycles. The SMILES string of the molecule is CN(C)CCN(C(=O)c1ccc(S(=O)(=O)N2CCc3ccccc3C2)cc1)c1nc2ccc(F)cc2s1.Cl. The zero-order chi connectivity index (χ0) is 26.2. The van der Waals surface area contributed by atoms with E-state index >= 15 is 0 Å². The molecule has 38 heavy (non-hydrogen) atoms. The van der Waals surface area contributed by atoms with Crippen molar-refractivity contribution in [1.82, 2.24) is 14.2 Å². The molecule has 0 spiro atoms. The average Bonchev–Trinajstić information content (AvgIpc) is 3.31. The molecule has 1 aliphatic rings. The minimum absolute atomic E-state index is 0. The lowest BCUT2D eigenvalue weighted by Gasteiger charge is -2.28. The van der Waals surface area contributed by atoms with E-state index in [9.17, 15) is 17.6 Å². The molecule has 0 bridgehead atoms. The Bertz CT molecular complexity index is 1560. The van der Waals surface area contributed by atoms with Gasteiger partial charge in [-0.1, -0.05) is 35.6 Å². The number of thiazole rings is 1. The number of aromatic nitrogens is 1. The zero-order valence-corrected chi connectivity index (χ0v) is 23.5. The van der Waals surface area contributed by atoms with Crippen LogP contribution in [-0.4, -0.2) is 62.2 Å². The maximum atomic E-state index is 13.7. The lowest BCUT2D eigenvalue weighted by Crippen LogP contribution is -2.37. The van der Waals surface area contributed by atoms with Crippen molar-refractivity contribution < 1.29 is 17.6 Å². The van der Waals surface area contributed by atoms with E-state index in [0.29, 0.717) is 53.5 Å². The number of anilines is 1. The lowest BCUT2D eigenvalue weighted by molar-refractivity contribution is 0.0985. The number of benzene rings is 3. The third-order valence-electron chi connectivity index (χ3n) is 6.42. The third-order valence-corrected chi connectivity index (χ3v) is 9.32. The van der Waals surface area contributed by atoms with Gasteiger partial charge < -0.3 is 4.90 Å². The average molecular weight is 575 g/mol. The van der Waals surface area contributed by atoms with Crippen LogP contribution in [0.3, 0.4) is 0 Å². The number of nitrogens with zero attached hydrogens (tertiary/aromatic N) is 4. The minimum atomic E-state index is -3.71. The van der Waals surface area contributed by atoms with Crippen molar-refractivity contribution in [1.29, 1.82) is 0 Å². The van der Waals surface area contributed by atoms with Gasteiger partial charge in [0, 0.05) is 31.7 Å². The Hall–Kier alpha value is -2.89. The number of sulfonamides is 1. The summed E-state index contributed by atoms with van der Waals surface area (Å²) in [5.74, 6) is -0.653. The van der Waals surface area contributed by atoms with Gasteiger partial charge in [0.1, 0.15) is 5.82 Å². The first-order valence-corrected chi connectivity index (χ1v) is 14.2. The molecule has 0 atom stereocenters. The van der Waals surface area contributed by atoms with E-state index in [1.165, 1.54) is 45.5 Å². The molecule has 0 fully saturated rings. The molecule has 0 radical (unpaired) electrons. The van der Waals surface area contributed by atoms with Crippen LogP contribution < -0.4 is 4.90 Å². The Morgan fingerprint density at radius 2 is 1.74 bits per heavy atom. The molecule has 200 valence electrons. The molecular formula is C27H28ClFN4O3S2. The van der Waals surface area contributed by atoms with Gasteiger partial charge in [0.05, 0.1) is 15.1 Å². The first-order chi connectivity index (χ1) is 17.7. The smallest absolute Gasteiger partial charge is 0.260 e. The molecule has 1 aliphatic heterocycles. The maximum absolute atomic E-state index is 13.7. The fourth-order valence-electron chi connectivity index (χ4n) is 4.34. The van der Waals surface area contributed by atoms with E-state index < -0.39 is 10.0 Å². The molecule has 4 aromatic rings. The Labute approximate surface area is 232 Å². The fourth-order valence-corrected chi connectivity index (χ4v) is 6.77. The van der Waals surface area contributed by atoms with Crippen LogP contribution in [0.25, 0.3) is 10.2 Å². The molecule has 0 saturated carbocycles. The summed E-state index contributed by atoms with van der Waals surface area (Å²) in [6.07, 6.45) is 0.666. The highest BCUT2D eigenvalue weighted by Crippen LogP contribution is 2.31. The second-order valence-electron chi connectivity index (χ2n) is 9.25. The van der Waals surface area contributed by atoms with Gasteiger partial charge in [-0.15, -0.1) is 12.4 Å². The zero-order valence-electron chi connectivity index (χ0n) is 21.0. The van der Waals surface area contributed by atoms with Gasteiger partial charge in [0.15, 0.2) is 5.13 Å². The van der Waals surface area contributed by atoms with E-state index in [4.69, 9.17) is 0 Å². The predicted octanol–water partition coefficient (Wildman–Crippen LogP) is 4.81. The first-order valence-electron chi connectivity index (χ1n) is 11.9. The fraction of sp³-hybridized carbons (Fsp3) is 0.259. The number of amides is 1. The summed E-state index contributed by atoms with van der Waals surface area (Å²) >= 11 is 1.25. The number of carbonyl (C=O) groups is 1. The standard InChI is InChI=1S/C27H27FN4O3S2.ClH/c1-30(2)15-16-32(27-29-24-12-9-22(28)17-25(24)36-27)26(33)20-7-10-23(11-8-20)37(34,35)31-14-13-19-5-3-4-6-21(19)18-31;/h3-12,17H,13-16,18H2,1-2H3;1H. The predicted molar refractivity (Wildman–Crippen MR) is 151 cm³/mol. The molecule has 1 aromatic heterocycles.